The number of hydrogen-bond acceptors (Lipinski definition) is 3. The van der Waals surface area contributed by atoms with Crippen LogP contribution >= 0.6 is 23.2 Å². The number of benzene rings is 1. The van der Waals surface area contributed by atoms with Crippen LogP contribution in [0.25, 0.3) is 0 Å². The molecular formula is C11H16Cl2N2O. The molecule has 90 valence electrons. The molecule has 0 spiro atoms. The third-order valence-corrected chi connectivity index (χ3v) is 2.96. The number of hydrogen-bond donors (Lipinski definition) is 2. The van der Waals surface area contributed by atoms with Gasteiger partial charge in [0.25, 0.3) is 0 Å². The summed E-state index contributed by atoms with van der Waals surface area (Å²) in [5, 5.41) is 1.33. The highest BCUT2D eigenvalue weighted by Gasteiger charge is 2.13. The van der Waals surface area contributed by atoms with E-state index < -0.39 is 0 Å². The Morgan fingerprint density at radius 2 is 2.19 bits per heavy atom. The zero-order valence-corrected chi connectivity index (χ0v) is 10.7. The molecule has 3 N–H and O–H groups in total. The standard InChI is InChI=1S/C11H16Cl2N2O/c1-16-6-2-3-11(15-14)9-7-8(12)4-5-10(9)13/h4-5,7,11,15H,2-3,6,14H2,1H3. The molecule has 5 heteroatoms. The summed E-state index contributed by atoms with van der Waals surface area (Å²) in [5.41, 5.74) is 3.67. The van der Waals surface area contributed by atoms with E-state index in [0.29, 0.717) is 16.7 Å². The Labute approximate surface area is 106 Å². The predicted molar refractivity (Wildman–Crippen MR) is 67.6 cm³/mol. The predicted octanol–water partition coefficient (Wildman–Crippen LogP) is 2.92. The smallest absolute Gasteiger partial charge is 0.0476 e. The van der Waals surface area contributed by atoms with E-state index in [1.807, 2.05) is 6.07 Å². The summed E-state index contributed by atoms with van der Waals surface area (Å²) in [6.45, 7) is 0.705. The number of methoxy groups -OCH3 is 1. The molecule has 0 aliphatic heterocycles. The van der Waals surface area contributed by atoms with E-state index >= 15 is 0 Å². The van der Waals surface area contributed by atoms with Crippen molar-refractivity contribution >= 4 is 23.2 Å². The van der Waals surface area contributed by atoms with Crippen molar-refractivity contribution in [1.29, 1.82) is 0 Å². The highest BCUT2D eigenvalue weighted by Crippen LogP contribution is 2.28. The highest BCUT2D eigenvalue weighted by atomic mass is 35.5. The monoisotopic (exact) mass is 262 g/mol. The van der Waals surface area contributed by atoms with Gasteiger partial charge in [0.2, 0.25) is 0 Å². The fourth-order valence-electron chi connectivity index (χ4n) is 1.54. The minimum Gasteiger partial charge on any atom is -0.385 e. The number of ether oxygens (including phenoxy) is 1. The molecular weight excluding hydrogens is 247 g/mol. The topological polar surface area (TPSA) is 47.3 Å². The molecule has 3 nitrogen and oxygen atoms in total. The lowest BCUT2D eigenvalue weighted by atomic mass is 10.0. The molecule has 1 aromatic carbocycles. The molecule has 0 aromatic heterocycles. The first-order chi connectivity index (χ1) is 7.69. The second-order valence-electron chi connectivity index (χ2n) is 3.52. The third-order valence-electron chi connectivity index (χ3n) is 2.38. The average molecular weight is 263 g/mol. The quantitative estimate of drug-likeness (QED) is 0.471. The molecule has 0 saturated carbocycles. The van der Waals surface area contributed by atoms with Crippen molar-refractivity contribution in [2.45, 2.75) is 18.9 Å². The SMILES string of the molecule is COCCCC(NN)c1cc(Cl)ccc1Cl. The van der Waals surface area contributed by atoms with Gasteiger partial charge in [0.05, 0.1) is 0 Å². The fourth-order valence-corrected chi connectivity index (χ4v) is 1.97. The van der Waals surface area contributed by atoms with Gasteiger partial charge in [0.15, 0.2) is 0 Å². The number of halogens is 2. The largest absolute Gasteiger partial charge is 0.385 e. The van der Waals surface area contributed by atoms with Gasteiger partial charge < -0.3 is 4.74 Å². The number of nitrogens with two attached hydrogens (primary N) is 1. The number of hydrazine groups is 1. The summed E-state index contributed by atoms with van der Waals surface area (Å²) in [7, 11) is 1.68. The molecule has 0 amide bonds. The first-order valence-electron chi connectivity index (χ1n) is 5.09. The van der Waals surface area contributed by atoms with Gasteiger partial charge in [-0.2, -0.15) is 0 Å². The van der Waals surface area contributed by atoms with Crippen LogP contribution in [0.2, 0.25) is 10.0 Å². The van der Waals surface area contributed by atoms with Crippen LogP contribution < -0.4 is 11.3 Å². The normalized spacial score (nSPS) is 12.8. The summed E-state index contributed by atoms with van der Waals surface area (Å²) >= 11 is 12.0. The summed E-state index contributed by atoms with van der Waals surface area (Å²) in [6, 6.07) is 5.37. The van der Waals surface area contributed by atoms with Crippen molar-refractivity contribution < 1.29 is 4.74 Å². The summed E-state index contributed by atoms with van der Waals surface area (Å²) in [4.78, 5) is 0. The van der Waals surface area contributed by atoms with Crippen molar-refractivity contribution in [2.24, 2.45) is 5.84 Å². The second kappa shape index (κ2) is 7.09. The Morgan fingerprint density at radius 3 is 2.81 bits per heavy atom. The molecule has 0 aliphatic carbocycles. The van der Waals surface area contributed by atoms with Crippen molar-refractivity contribution in [1.82, 2.24) is 5.43 Å². The van der Waals surface area contributed by atoms with Crippen LogP contribution in [-0.4, -0.2) is 13.7 Å². The molecule has 0 bridgehead atoms. The second-order valence-corrected chi connectivity index (χ2v) is 4.36. The van der Waals surface area contributed by atoms with Gasteiger partial charge >= 0.3 is 0 Å². The van der Waals surface area contributed by atoms with Crippen LogP contribution in [0.15, 0.2) is 18.2 Å². The fraction of sp³-hybridized carbons (Fsp3) is 0.455. The Kier molecular flexibility index (Phi) is 6.09. The van der Waals surface area contributed by atoms with Crippen LogP contribution in [0.5, 0.6) is 0 Å². The maximum Gasteiger partial charge on any atom is 0.0476 e. The molecule has 1 aromatic rings. The van der Waals surface area contributed by atoms with Crippen molar-refractivity contribution in [3.63, 3.8) is 0 Å². The maximum atomic E-state index is 6.10. The first kappa shape index (κ1) is 13.7. The van der Waals surface area contributed by atoms with Crippen LogP contribution in [-0.2, 0) is 4.74 Å². The van der Waals surface area contributed by atoms with Crippen LogP contribution in [0.3, 0.4) is 0 Å². The molecule has 1 unspecified atom stereocenters. The van der Waals surface area contributed by atoms with E-state index in [-0.39, 0.29) is 6.04 Å². The first-order valence-corrected chi connectivity index (χ1v) is 5.84. The van der Waals surface area contributed by atoms with Crippen molar-refractivity contribution in [2.75, 3.05) is 13.7 Å². The Bertz CT molecular complexity index is 334. The van der Waals surface area contributed by atoms with E-state index in [9.17, 15) is 0 Å². The number of nitrogens with one attached hydrogen (secondary N) is 1. The molecule has 0 radical (unpaired) electrons. The average Bonchev–Trinajstić information content (AvgIpc) is 2.28. The minimum atomic E-state index is 0.00125. The minimum absolute atomic E-state index is 0.00125. The van der Waals surface area contributed by atoms with Gasteiger partial charge in [0, 0.05) is 29.8 Å². The molecule has 1 atom stereocenters. The zero-order valence-electron chi connectivity index (χ0n) is 9.17. The van der Waals surface area contributed by atoms with E-state index in [4.69, 9.17) is 33.8 Å². The summed E-state index contributed by atoms with van der Waals surface area (Å²) in [6.07, 6.45) is 1.76. The van der Waals surface area contributed by atoms with Gasteiger partial charge in [-0.3, -0.25) is 11.3 Å². The lowest BCUT2D eigenvalue weighted by molar-refractivity contribution is 0.189. The lowest BCUT2D eigenvalue weighted by Crippen LogP contribution is -2.28. The maximum absolute atomic E-state index is 6.10. The van der Waals surface area contributed by atoms with Crippen molar-refractivity contribution in [3.8, 4) is 0 Å². The van der Waals surface area contributed by atoms with E-state index in [1.165, 1.54) is 0 Å². The van der Waals surface area contributed by atoms with Gasteiger partial charge in [-0.1, -0.05) is 23.2 Å². The van der Waals surface area contributed by atoms with Gasteiger partial charge in [0.1, 0.15) is 0 Å². The Hall–Kier alpha value is -0.320. The zero-order chi connectivity index (χ0) is 12.0. The van der Waals surface area contributed by atoms with Crippen LogP contribution in [0.4, 0.5) is 0 Å². The van der Waals surface area contributed by atoms with Gasteiger partial charge in [-0.15, -0.1) is 0 Å². The molecule has 0 aliphatic rings. The summed E-state index contributed by atoms with van der Waals surface area (Å²) in [5.74, 6) is 5.51. The van der Waals surface area contributed by atoms with Crippen LogP contribution in [0, 0.1) is 0 Å². The van der Waals surface area contributed by atoms with Crippen LogP contribution in [0.1, 0.15) is 24.4 Å². The van der Waals surface area contributed by atoms with E-state index in [1.54, 1.807) is 19.2 Å². The highest BCUT2D eigenvalue weighted by molar-refractivity contribution is 6.33. The Morgan fingerprint density at radius 1 is 1.44 bits per heavy atom. The molecule has 0 fully saturated rings. The number of rotatable bonds is 6. The van der Waals surface area contributed by atoms with E-state index in [0.717, 1.165) is 18.4 Å². The molecule has 1 rings (SSSR count). The summed E-state index contributed by atoms with van der Waals surface area (Å²) < 4.78 is 5.00. The Balaban J connectivity index is 2.73. The van der Waals surface area contributed by atoms with E-state index in [2.05, 4.69) is 5.43 Å². The molecule has 0 heterocycles. The van der Waals surface area contributed by atoms with Gasteiger partial charge in [-0.25, -0.2) is 0 Å². The van der Waals surface area contributed by atoms with Gasteiger partial charge in [-0.05, 0) is 36.6 Å². The third kappa shape index (κ3) is 3.92. The molecule has 16 heavy (non-hydrogen) atoms. The molecule has 0 saturated heterocycles. The van der Waals surface area contributed by atoms with Crippen molar-refractivity contribution in [3.05, 3.63) is 33.8 Å². The lowest BCUT2D eigenvalue weighted by Gasteiger charge is -2.17.